The van der Waals surface area contributed by atoms with Crippen molar-refractivity contribution in [1.82, 2.24) is 15.2 Å². The smallest absolute Gasteiger partial charge is 0.318 e. The van der Waals surface area contributed by atoms with Crippen LogP contribution < -0.4 is 5.32 Å². The zero-order valence-corrected chi connectivity index (χ0v) is 15.6. The number of carbonyl (C=O) groups excluding carboxylic acids is 1. The Morgan fingerprint density at radius 3 is 3.04 bits per heavy atom. The summed E-state index contributed by atoms with van der Waals surface area (Å²) in [6, 6.07) is -0.0908. The van der Waals surface area contributed by atoms with Gasteiger partial charge in [-0.05, 0) is 44.9 Å². The van der Waals surface area contributed by atoms with Crippen LogP contribution in [0.15, 0.2) is 0 Å². The number of aromatic nitrogens is 1. The van der Waals surface area contributed by atoms with E-state index in [0.717, 1.165) is 38.7 Å². The molecule has 1 saturated heterocycles. The van der Waals surface area contributed by atoms with Crippen molar-refractivity contribution in [3.8, 4) is 12.3 Å². The lowest BCUT2D eigenvalue weighted by atomic mass is 10.0. The molecule has 5 nitrogen and oxygen atoms in total. The van der Waals surface area contributed by atoms with Crippen molar-refractivity contribution in [3.63, 3.8) is 0 Å². The summed E-state index contributed by atoms with van der Waals surface area (Å²) in [6.45, 7) is 2.34. The lowest BCUT2D eigenvalue weighted by Crippen LogP contribution is -2.44. The highest BCUT2D eigenvalue weighted by molar-refractivity contribution is 7.11. The Bertz CT molecular complexity index is 593. The van der Waals surface area contributed by atoms with Gasteiger partial charge >= 0.3 is 6.03 Å². The number of fused-ring (bicyclic) bond motifs is 1. The number of hydrogen-bond donors (Lipinski definition) is 1. The molecule has 2 aliphatic rings. The third-order valence-corrected chi connectivity index (χ3v) is 5.97. The van der Waals surface area contributed by atoms with Crippen LogP contribution >= 0.6 is 11.3 Å². The number of carbonyl (C=O) groups is 1. The Morgan fingerprint density at radius 2 is 2.28 bits per heavy atom. The van der Waals surface area contributed by atoms with Crippen LogP contribution in [0.1, 0.15) is 47.7 Å². The summed E-state index contributed by atoms with van der Waals surface area (Å²) in [5.74, 6) is 2.57. The number of urea groups is 1. The zero-order chi connectivity index (χ0) is 17.5. The van der Waals surface area contributed by atoms with E-state index >= 15 is 0 Å². The first-order valence-corrected chi connectivity index (χ1v) is 10.1. The van der Waals surface area contributed by atoms with Crippen molar-refractivity contribution in [1.29, 1.82) is 0 Å². The van der Waals surface area contributed by atoms with Gasteiger partial charge in [-0.2, -0.15) is 0 Å². The first-order chi connectivity index (χ1) is 12.3. The molecule has 2 heterocycles. The number of nitrogens with zero attached hydrogens (tertiary/aromatic N) is 2. The molecule has 0 bridgehead atoms. The second-order valence-electron chi connectivity index (χ2n) is 6.74. The maximum Gasteiger partial charge on any atom is 0.318 e. The van der Waals surface area contributed by atoms with E-state index < -0.39 is 0 Å². The van der Waals surface area contributed by atoms with Crippen LogP contribution in [0.25, 0.3) is 0 Å². The standard InChI is InChI=1S/C19H27N3O2S/c1-2-12-22(14-15-7-6-13-24-15)19(23)20-11-5-10-18-21-16-8-3-4-9-17(16)25-18/h1,15H,3-14H2,(H,20,23). The van der Waals surface area contributed by atoms with Gasteiger partial charge in [-0.1, -0.05) is 5.92 Å². The van der Waals surface area contributed by atoms with Crippen LogP contribution in [-0.4, -0.2) is 48.3 Å². The Labute approximate surface area is 154 Å². The Kier molecular flexibility index (Phi) is 6.71. The maximum absolute atomic E-state index is 12.3. The van der Waals surface area contributed by atoms with Gasteiger partial charge in [-0.15, -0.1) is 17.8 Å². The third kappa shape index (κ3) is 5.20. The van der Waals surface area contributed by atoms with Gasteiger partial charge in [0, 0.05) is 31.0 Å². The number of rotatable bonds is 7. The molecule has 1 aromatic rings. The number of amides is 2. The molecule has 1 atom stereocenters. The second kappa shape index (κ2) is 9.21. The van der Waals surface area contributed by atoms with Gasteiger partial charge in [0.05, 0.1) is 23.4 Å². The SMILES string of the molecule is C#CCN(CC1CCCO1)C(=O)NCCCc1nc2c(s1)CCCC2. The summed E-state index contributed by atoms with van der Waals surface area (Å²) in [5, 5.41) is 4.20. The van der Waals surface area contributed by atoms with Gasteiger partial charge in [0.2, 0.25) is 0 Å². The van der Waals surface area contributed by atoms with Gasteiger partial charge in [-0.3, -0.25) is 0 Å². The summed E-state index contributed by atoms with van der Waals surface area (Å²) < 4.78 is 5.61. The number of nitrogens with one attached hydrogen (secondary N) is 1. The number of aryl methyl sites for hydroxylation is 3. The van der Waals surface area contributed by atoms with Crippen LogP contribution in [0, 0.1) is 12.3 Å². The average molecular weight is 362 g/mol. The molecule has 1 aromatic heterocycles. The molecule has 1 N–H and O–H groups in total. The minimum absolute atomic E-state index is 0.0908. The lowest BCUT2D eigenvalue weighted by Gasteiger charge is -2.23. The highest BCUT2D eigenvalue weighted by Gasteiger charge is 2.22. The molecule has 0 aromatic carbocycles. The van der Waals surface area contributed by atoms with E-state index in [1.807, 2.05) is 11.3 Å². The quantitative estimate of drug-likeness (QED) is 0.600. The molecule has 1 fully saturated rings. The van der Waals surface area contributed by atoms with E-state index in [9.17, 15) is 4.79 Å². The van der Waals surface area contributed by atoms with Crippen LogP contribution in [0.2, 0.25) is 0 Å². The molecule has 0 radical (unpaired) electrons. The molecule has 0 saturated carbocycles. The van der Waals surface area contributed by atoms with Crippen LogP contribution in [0.4, 0.5) is 4.79 Å². The molecule has 3 rings (SSSR count). The van der Waals surface area contributed by atoms with Crippen molar-refractivity contribution in [2.45, 2.75) is 57.5 Å². The normalized spacial score (nSPS) is 19.2. The van der Waals surface area contributed by atoms with Crippen LogP contribution in [-0.2, 0) is 24.0 Å². The Morgan fingerprint density at radius 1 is 1.40 bits per heavy atom. The van der Waals surface area contributed by atoms with Crippen LogP contribution in [0.3, 0.4) is 0 Å². The van der Waals surface area contributed by atoms with Crippen molar-refractivity contribution >= 4 is 17.4 Å². The zero-order valence-electron chi connectivity index (χ0n) is 14.8. The molecule has 6 heteroatoms. The molecule has 1 aliphatic carbocycles. The fraction of sp³-hybridized carbons (Fsp3) is 0.684. The van der Waals surface area contributed by atoms with Crippen molar-refractivity contribution < 1.29 is 9.53 Å². The van der Waals surface area contributed by atoms with Crippen molar-refractivity contribution in [3.05, 3.63) is 15.6 Å². The first-order valence-electron chi connectivity index (χ1n) is 9.31. The number of hydrogen-bond acceptors (Lipinski definition) is 4. The van der Waals surface area contributed by atoms with Gasteiger partial charge in [0.15, 0.2) is 0 Å². The Balaban J connectivity index is 1.39. The predicted octanol–water partition coefficient (Wildman–Crippen LogP) is 2.78. The van der Waals surface area contributed by atoms with E-state index in [1.165, 1.54) is 34.8 Å². The molecular formula is C19H27N3O2S. The summed E-state index contributed by atoms with van der Waals surface area (Å²) in [5.41, 5.74) is 1.31. The van der Waals surface area contributed by atoms with E-state index in [0.29, 0.717) is 19.6 Å². The topological polar surface area (TPSA) is 54.5 Å². The maximum atomic E-state index is 12.3. The number of ether oxygens (including phenoxy) is 1. The highest BCUT2D eigenvalue weighted by Crippen LogP contribution is 2.27. The first kappa shape index (κ1) is 18.2. The molecule has 1 unspecified atom stereocenters. The lowest BCUT2D eigenvalue weighted by molar-refractivity contribution is 0.0846. The molecule has 0 spiro atoms. The largest absolute Gasteiger partial charge is 0.376 e. The van der Waals surface area contributed by atoms with Crippen molar-refractivity contribution in [2.24, 2.45) is 0 Å². The molecule has 136 valence electrons. The molecule has 2 amide bonds. The molecule has 25 heavy (non-hydrogen) atoms. The summed E-state index contributed by atoms with van der Waals surface area (Å²) >= 11 is 1.85. The van der Waals surface area contributed by atoms with Gasteiger partial charge in [0.1, 0.15) is 0 Å². The minimum atomic E-state index is -0.0908. The fourth-order valence-electron chi connectivity index (χ4n) is 3.42. The van der Waals surface area contributed by atoms with E-state index in [4.69, 9.17) is 16.1 Å². The molecule has 1 aliphatic heterocycles. The summed E-state index contributed by atoms with van der Waals surface area (Å²) in [6.07, 6.45) is 14.3. The summed E-state index contributed by atoms with van der Waals surface area (Å²) in [4.78, 5) is 20.2. The van der Waals surface area contributed by atoms with Gasteiger partial charge in [0.25, 0.3) is 0 Å². The van der Waals surface area contributed by atoms with Gasteiger partial charge < -0.3 is 15.0 Å². The number of terminal acetylenes is 1. The van der Waals surface area contributed by atoms with Crippen LogP contribution in [0.5, 0.6) is 0 Å². The second-order valence-corrected chi connectivity index (χ2v) is 7.91. The van der Waals surface area contributed by atoms with E-state index in [-0.39, 0.29) is 12.1 Å². The van der Waals surface area contributed by atoms with E-state index in [1.54, 1.807) is 4.90 Å². The number of thiazole rings is 1. The highest BCUT2D eigenvalue weighted by atomic mass is 32.1. The Hall–Kier alpha value is -1.58. The third-order valence-electron chi connectivity index (χ3n) is 4.75. The monoisotopic (exact) mass is 361 g/mol. The van der Waals surface area contributed by atoms with Crippen molar-refractivity contribution in [2.75, 3.05) is 26.2 Å². The fourth-order valence-corrected chi connectivity index (χ4v) is 4.62. The summed E-state index contributed by atoms with van der Waals surface area (Å²) in [7, 11) is 0. The average Bonchev–Trinajstić information content (AvgIpc) is 3.27. The van der Waals surface area contributed by atoms with E-state index in [2.05, 4.69) is 11.2 Å². The molecular weight excluding hydrogens is 334 g/mol. The van der Waals surface area contributed by atoms with Gasteiger partial charge in [-0.25, -0.2) is 9.78 Å². The predicted molar refractivity (Wildman–Crippen MR) is 99.9 cm³/mol. The minimum Gasteiger partial charge on any atom is -0.376 e.